The van der Waals surface area contributed by atoms with Gasteiger partial charge >= 0.3 is 6.03 Å². The van der Waals surface area contributed by atoms with Gasteiger partial charge in [-0.15, -0.1) is 0 Å². The Kier molecular flexibility index (Phi) is 6.73. The molecule has 0 aliphatic heterocycles. The SMILES string of the molecule is CCNc1ccc(C(=O)NNC(=O)Nc2ccc(CCO)cc2)cn1. The van der Waals surface area contributed by atoms with Gasteiger partial charge in [0.05, 0.1) is 5.56 Å². The lowest BCUT2D eigenvalue weighted by atomic mass is 10.1. The third-order valence-electron chi connectivity index (χ3n) is 3.29. The summed E-state index contributed by atoms with van der Waals surface area (Å²) < 4.78 is 0. The fourth-order valence-electron chi connectivity index (χ4n) is 2.05. The number of rotatable bonds is 6. The van der Waals surface area contributed by atoms with Crippen molar-refractivity contribution in [2.24, 2.45) is 0 Å². The number of aliphatic hydroxyl groups excluding tert-OH is 1. The lowest BCUT2D eigenvalue weighted by Gasteiger charge is -2.10. The quantitative estimate of drug-likeness (QED) is 0.510. The molecule has 0 bridgehead atoms. The van der Waals surface area contributed by atoms with E-state index in [4.69, 9.17) is 5.11 Å². The molecule has 8 heteroatoms. The fourth-order valence-corrected chi connectivity index (χ4v) is 2.05. The van der Waals surface area contributed by atoms with Gasteiger partial charge in [0.2, 0.25) is 0 Å². The van der Waals surface area contributed by atoms with Crippen LogP contribution in [0.3, 0.4) is 0 Å². The fraction of sp³-hybridized carbons (Fsp3) is 0.235. The van der Waals surface area contributed by atoms with Crippen molar-refractivity contribution in [2.45, 2.75) is 13.3 Å². The van der Waals surface area contributed by atoms with Crippen molar-refractivity contribution in [1.29, 1.82) is 0 Å². The summed E-state index contributed by atoms with van der Waals surface area (Å²) in [5, 5.41) is 14.5. The van der Waals surface area contributed by atoms with Crippen molar-refractivity contribution in [3.8, 4) is 0 Å². The van der Waals surface area contributed by atoms with Gasteiger partial charge in [0.1, 0.15) is 5.82 Å². The number of urea groups is 1. The summed E-state index contributed by atoms with van der Waals surface area (Å²) in [7, 11) is 0. The lowest BCUT2D eigenvalue weighted by molar-refractivity contribution is 0.0937. The van der Waals surface area contributed by atoms with Crippen molar-refractivity contribution in [3.63, 3.8) is 0 Å². The Morgan fingerprint density at radius 1 is 1.08 bits per heavy atom. The minimum absolute atomic E-state index is 0.0731. The van der Waals surface area contributed by atoms with Crippen LogP contribution in [0.4, 0.5) is 16.3 Å². The molecule has 0 aliphatic carbocycles. The second kappa shape index (κ2) is 9.24. The zero-order valence-corrected chi connectivity index (χ0v) is 13.9. The van der Waals surface area contributed by atoms with Gasteiger partial charge in [0, 0.05) is 25.0 Å². The van der Waals surface area contributed by atoms with Crippen LogP contribution in [0.25, 0.3) is 0 Å². The molecule has 0 aliphatic rings. The Balaban J connectivity index is 1.81. The van der Waals surface area contributed by atoms with Crippen LogP contribution in [0.2, 0.25) is 0 Å². The van der Waals surface area contributed by atoms with Crippen LogP contribution in [0, 0.1) is 0 Å². The van der Waals surface area contributed by atoms with E-state index in [0.717, 1.165) is 12.1 Å². The average Bonchev–Trinajstić information content (AvgIpc) is 2.62. The Hall–Kier alpha value is -3.13. The number of nitrogens with zero attached hydrogens (tertiary/aromatic N) is 1. The van der Waals surface area contributed by atoms with Crippen molar-refractivity contribution in [1.82, 2.24) is 15.8 Å². The number of carbonyl (C=O) groups excluding carboxylic acids is 2. The summed E-state index contributed by atoms with van der Waals surface area (Å²) in [6.07, 6.45) is 1.98. The Bertz CT molecular complexity index is 701. The van der Waals surface area contributed by atoms with E-state index < -0.39 is 11.9 Å². The van der Waals surface area contributed by atoms with E-state index >= 15 is 0 Å². The summed E-state index contributed by atoms with van der Waals surface area (Å²) >= 11 is 0. The molecule has 2 aromatic rings. The van der Waals surface area contributed by atoms with Gasteiger partial charge in [-0.3, -0.25) is 10.2 Å². The van der Waals surface area contributed by atoms with Gasteiger partial charge in [-0.05, 0) is 43.2 Å². The van der Waals surface area contributed by atoms with Gasteiger partial charge in [-0.1, -0.05) is 12.1 Å². The standard InChI is InChI=1S/C17H21N5O3/c1-2-18-15-8-5-13(11-19-15)16(24)21-22-17(25)20-14-6-3-12(4-7-14)9-10-23/h3-8,11,23H,2,9-10H2,1H3,(H,18,19)(H,21,24)(H2,20,22,25). The molecule has 1 aromatic heterocycles. The number of pyridine rings is 1. The highest BCUT2D eigenvalue weighted by Gasteiger charge is 2.08. The number of carbonyl (C=O) groups is 2. The monoisotopic (exact) mass is 343 g/mol. The summed E-state index contributed by atoms with van der Waals surface area (Å²) in [6, 6.07) is 9.78. The summed E-state index contributed by atoms with van der Waals surface area (Å²) in [6.45, 7) is 2.76. The molecule has 0 saturated carbocycles. The van der Waals surface area contributed by atoms with Crippen molar-refractivity contribution >= 4 is 23.4 Å². The number of hydrogen-bond donors (Lipinski definition) is 5. The second-order valence-corrected chi connectivity index (χ2v) is 5.17. The third-order valence-corrected chi connectivity index (χ3v) is 3.29. The summed E-state index contributed by atoms with van der Waals surface area (Å²) in [5.41, 5.74) is 6.45. The first-order valence-electron chi connectivity index (χ1n) is 7.89. The number of aliphatic hydroxyl groups is 1. The van der Waals surface area contributed by atoms with E-state index in [-0.39, 0.29) is 6.61 Å². The van der Waals surface area contributed by atoms with E-state index in [9.17, 15) is 9.59 Å². The molecule has 5 N–H and O–H groups in total. The Morgan fingerprint density at radius 2 is 1.84 bits per heavy atom. The molecule has 0 atom stereocenters. The predicted molar refractivity (Wildman–Crippen MR) is 95.3 cm³/mol. The van der Waals surface area contributed by atoms with E-state index in [2.05, 4.69) is 26.5 Å². The van der Waals surface area contributed by atoms with Crippen LogP contribution in [0.1, 0.15) is 22.8 Å². The van der Waals surface area contributed by atoms with Crippen LogP contribution in [-0.2, 0) is 6.42 Å². The molecule has 25 heavy (non-hydrogen) atoms. The van der Waals surface area contributed by atoms with E-state index in [1.165, 1.54) is 6.20 Å². The zero-order valence-electron chi connectivity index (χ0n) is 13.9. The number of hydrazine groups is 1. The first-order chi connectivity index (χ1) is 12.1. The van der Waals surface area contributed by atoms with Gasteiger partial charge in [0.15, 0.2) is 0 Å². The molecule has 0 spiro atoms. The number of amides is 3. The highest BCUT2D eigenvalue weighted by Crippen LogP contribution is 2.09. The summed E-state index contributed by atoms with van der Waals surface area (Å²) in [5.74, 6) is 0.207. The minimum atomic E-state index is -0.569. The van der Waals surface area contributed by atoms with Gasteiger partial charge in [0.25, 0.3) is 5.91 Å². The highest BCUT2D eigenvalue weighted by atomic mass is 16.3. The van der Waals surface area contributed by atoms with Crippen molar-refractivity contribution in [2.75, 3.05) is 23.8 Å². The number of hydrogen-bond acceptors (Lipinski definition) is 5. The normalized spacial score (nSPS) is 10.0. The topological polar surface area (TPSA) is 115 Å². The predicted octanol–water partition coefficient (Wildman–Crippen LogP) is 1.51. The van der Waals surface area contributed by atoms with Crippen molar-refractivity contribution in [3.05, 3.63) is 53.7 Å². The van der Waals surface area contributed by atoms with Gasteiger partial charge < -0.3 is 15.7 Å². The molecule has 0 saturated heterocycles. The molecule has 1 aromatic carbocycles. The van der Waals surface area contributed by atoms with Crippen LogP contribution in [0.15, 0.2) is 42.6 Å². The largest absolute Gasteiger partial charge is 0.396 e. The van der Waals surface area contributed by atoms with Crippen LogP contribution >= 0.6 is 0 Å². The highest BCUT2D eigenvalue weighted by molar-refractivity contribution is 5.97. The lowest BCUT2D eigenvalue weighted by Crippen LogP contribution is -2.43. The molecular formula is C17H21N5O3. The maximum absolute atomic E-state index is 11.9. The van der Waals surface area contributed by atoms with E-state index in [1.54, 1.807) is 24.3 Å². The van der Waals surface area contributed by atoms with Gasteiger partial charge in [-0.25, -0.2) is 15.2 Å². The Morgan fingerprint density at radius 3 is 2.44 bits per heavy atom. The third kappa shape index (κ3) is 5.78. The zero-order chi connectivity index (χ0) is 18.1. The molecule has 3 amide bonds. The molecule has 0 radical (unpaired) electrons. The number of nitrogens with one attached hydrogen (secondary N) is 4. The minimum Gasteiger partial charge on any atom is -0.396 e. The van der Waals surface area contributed by atoms with E-state index in [1.807, 2.05) is 19.1 Å². The van der Waals surface area contributed by atoms with Crippen LogP contribution in [-0.4, -0.2) is 35.2 Å². The molecule has 2 rings (SSSR count). The molecular weight excluding hydrogens is 322 g/mol. The molecule has 1 heterocycles. The molecule has 0 fully saturated rings. The van der Waals surface area contributed by atoms with Crippen LogP contribution in [0.5, 0.6) is 0 Å². The van der Waals surface area contributed by atoms with Crippen molar-refractivity contribution < 1.29 is 14.7 Å². The number of anilines is 2. The first kappa shape index (κ1) is 18.2. The maximum Gasteiger partial charge on any atom is 0.337 e. The second-order valence-electron chi connectivity index (χ2n) is 5.17. The maximum atomic E-state index is 11.9. The summed E-state index contributed by atoms with van der Waals surface area (Å²) in [4.78, 5) is 27.8. The number of benzene rings is 1. The molecule has 0 unspecified atom stereocenters. The van der Waals surface area contributed by atoms with Gasteiger partial charge in [-0.2, -0.15) is 0 Å². The van der Waals surface area contributed by atoms with Crippen LogP contribution < -0.4 is 21.5 Å². The Labute approximate surface area is 145 Å². The average molecular weight is 343 g/mol. The molecule has 132 valence electrons. The molecule has 8 nitrogen and oxygen atoms in total. The first-order valence-corrected chi connectivity index (χ1v) is 7.89. The number of aromatic nitrogens is 1. The van der Waals surface area contributed by atoms with E-state index in [0.29, 0.717) is 23.5 Å². The smallest absolute Gasteiger partial charge is 0.337 e.